The van der Waals surface area contributed by atoms with E-state index in [4.69, 9.17) is 0 Å². The molecule has 0 aromatic heterocycles. The molecule has 86 valence electrons. The van der Waals surface area contributed by atoms with E-state index < -0.39 is 5.67 Å². The summed E-state index contributed by atoms with van der Waals surface area (Å²) in [7, 11) is 0. The molecular formula is C11H19FN2O. The van der Waals surface area contributed by atoms with E-state index in [9.17, 15) is 9.18 Å². The van der Waals surface area contributed by atoms with E-state index in [-0.39, 0.29) is 12.3 Å². The van der Waals surface area contributed by atoms with Gasteiger partial charge in [0.15, 0.2) is 0 Å². The van der Waals surface area contributed by atoms with Crippen molar-refractivity contribution >= 4 is 5.91 Å². The summed E-state index contributed by atoms with van der Waals surface area (Å²) in [5.74, 6) is 0.00523. The van der Waals surface area contributed by atoms with Crippen LogP contribution in [0, 0.1) is 0 Å². The van der Waals surface area contributed by atoms with Gasteiger partial charge in [0.2, 0.25) is 5.91 Å². The lowest BCUT2D eigenvalue weighted by Crippen LogP contribution is -2.45. The van der Waals surface area contributed by atoms with Gasteiger partial charge < -0.3 is 10.2 Å². The van der Waals surface area contributed by atoms with Crippen LogP contribution in [0.3, 0.4) is 0 Å². The van der Waals surface area contributed by atoms with Gasteiger partial charge in [-0.2, -0.15) is 0 Å². The Kier molecular flexibility index (Phi) is 3.24. The largest absolute Gasteiger partial charge is 0.342 e. The Morgan fingerprint density at radius 3 is 2.73 bits per heavy atom. The fourth-order valence-corrected chi connectivity index (χ4v) is 2.22. The smallest absolute Gasteiger partial charge is 0.225 e. The maximum absolute atomic E-state index is 14.3. The molecule has 1 amide bonds. The van der Waals surface area contributed by atoms with Crippen LogP contribution in [0.1, 0.15) is 32.1 Å². The molecule has 2 aliphatic heterocycles. The van der Waals surface area contributed by atoms with Gasteiger partial charge in [-0.3, -0.25) is 4.79 Å². The zero-order chi connectivity index (χ0) is 10.7. The Labute approximate surface area is 90.0 Å². The average Bonchev–Trinajstić information content (AvgIpc) is 2.26. The van der Waals surface area contributed by atoms with Crippen LogP contribution in [0.4, 0.5) is 4.39 Å². The van der Waals surface area contributed by atoms with E-state index in [2.05, 4.69) is 5.32 Å². The van der Waals surface area contributed by atoms with Gasteiger partial charge in [-0.05, 0) is 38.8 Å². The third-order valence-corrected chi connectivity index (χ3v) is 3.41. The van der Waals surface area contributed by atoms with Crippen molar-refractivity contribution < 1.29 is 9.18 Å². The van der Waals surface area contributed by atoms with Gasteiger partial charge in [-0.15, -0.1) is 0 Å². The highest BCUT2D eigenvalue weighted by molar-refractivity contribution is 5.78. The summed E-state index contributed by atoms with van der Waals surface area (Å²) >= 11 is 0. The Hall–Kier alpha value is -0.640. The summed E-state index contributed by atoms with van der Waals surface area (Å²) in [6.07, 6.45) is 3.01. The summed E-state index contributed by atoms with van der Waals surface area (Å²) < 4.78 is 14.3. The molecule has 0 radical (unpaired) electrons. The highest BCUT2D eigenvalue weighted by Crippen LogP contribution is 2.29. The normalized spacial score (nSPS) is 31.9. The summed E-state index contributed by atoms with van der Waals surface area (Å²) in [6.45, 7) is 3.23. The van der Waals surface area contributed by atoms with E-state index >= 15 is 0 Å². The van der Waals surface area contributed by atoms with Crippen molar-refractivity contribution in [1.82, 2.24) is 10.2 Å². The predicted molar refractivity (Wildman–Crippen MR) is 56.4 cm³/mol. The maximum Gasteiger partial charge on any atom is 0.225 e. The van der Waals surface area contributed by atoms with E-state index in [0.29, 0.717) is 19.4 Å². The average molecular weight is 214 g/mol. The Morgan fingerprint density at radius 2 is 2.07 bits per heavy atom. The third-order valence-electron chi connectivity index (χ3n) is 3.41. The topological polar surface area (TPSA) is 32.3 Å². The standard InChI is InChI=1S/C11H19FN2O/c12-11(3-1-5-13-6-4-11)9-10(15)14-7-2-8-14/h13H,1-9H2. The van der Waals surface area contributed by atoms with Crippen molar-refractivity contribution in [3.05, 3.63) is 0 Å². The summed E-state index contributed by atoms with van der Waals surface area (Å²) in [5.41, 5.74) is -1.25. The second-order valence-electron chi connectivity index (χ2n) is 4.67. The molecule has 1 N–H and O–H groups in total. The molecule has 4 heteroatoms. The minimum absolute atomic E-state index is 0.00523. The number of halogens is 1. The maximum atomic E-state index is 14.3. The zero-order valence-corrected chi connectivity index (χ0v) is 9.10. The number of likely N-dealkylation sites (tertiary alicyclic amines) is 1. The number of hydrogen-bond donors (Lipinski definition) is 1. The molecule has 0 aliphatic carbocycles. The van der Waals surface area contributed by atoms with Crippen LogP contribution >= 0.6 is 0 Å². The molecule has 0 bridgehead atoms. The molecule has 0 saturated carbocycles. The van der Waals surface area contributed by atoms with Crippen molar-refractivity contribution in [3.8, 4) is 0 Å². The van der Waals surface area contributed by atoms with Crippen molar-refractivity contribution in [1.29, 1.82) is 0 Å². The first-order valence-electron chi connectivity index (χ1n) is 5.87. The molecule has 2 aliphatic rings. The monoisotopic (exact) mass is 214 g/mol. The molecule has 0 aromatic rings. The SMILES string of the molecule is O=C(CC1(F)CCCNCC1)N1CCC1. The van der Waals surface area contributed by atoms with Crippen LogP contribution < -0.4 is 5.32 Å². The summed E-state index contributed by atoms with van der Waals surface area (Å²) in [5, 5.41) is 3.17. The van der Waals surface area contributed by atoms with Gasteiger partial charge in [-0.1, -0.05) is 0 Å². The highest BCUT2D eigenvalue weighted by atomic mass is 19.1. The first kappa shape index (κ1) is 10.9. The lowest BCUT2D eigenvalue weighted by Gasteiger charge is -2.33. The van der Waals surface area contributed by atoms with Crippen molar-refractivity contribution in [2.75, 3.05) is 26.2 Å². The van der Waals surface area contributed by atoms with Gasteiger partial charge >= 0.3 is 0 Å². The Balaban J connectivity index is 1.86. The lowest BCUT2D eigenvalue weighted by molar-refractivity contribution is -0.137. The van der Waals surface area contributed by atoms with Crippen LogP contribution in [0.2, 0.25) is 0 Å². The fraction of sp³-hybridized carbons (Fsp3) is 0.909. The molecule has 2 fully saturated rings. The summed E-state index contributed by atoms with van der Waals surface area (Å²) in [6, 6.07) is 0. The number of rotatable bonds is 2. The first-order chi connectivity index (χ1) is 7.20. The van der Waals surface area contributed by atoms with E-state index in [1.807, 2.05) is 0 Å². The molecule has 2 heterocycles. The van der Waals surface area contributed by atoms with E-state index in [1.54, 1.807) is 4.90 Å². The molecule has 0 aromatic carbocycles. The fourth-order valence-electron chi connectivity index (χ4n) is 2.22. The van der Waals surface area contributed by atoms with E-state index in [0.717, 1.165) is 32.5 Å². The number of carbonyl (C=O) groups is 1. The van der Waals surface area contributed by atoms with Crippen LogP contribution in [-0.4, -0.2) is 42.7 Å². The van der Waals surface area contributed by atoms with Crippen LogP contribution in [0.15, 0.2) is 0 Å². The lowest BCUT2D eigenvalue weighted by atomic mass is 9.92. The van der Waals surface area contributed by atoms with Gasteiger partial charge in [0.25, 0.3) is 0 Å². The van der Waals surface area contributed by atoms with Gasteiger partial charge in [0.05, 0.1) is 6.42 Å². The van der Waals surface area contributed by atoms with Crippen molar-refractivity contribution in [2.24, 2.45) is 0 Å². The molecule has 0 spiro atoms. The highest BCUT2D eigenvalue weighted by Gasteiger charge is 2.35. The molecule has 2 rings (SSSR count). The minimum atomic E-state index is -1.25. The molecular weight excluding hydrogens is 195 g/mol. The first-order valence-corrected chi connectivity index (χ1v) is 5.87. The Bertz CT molecular complexity index is 233. The zero-order valence-electron chi connectivity index (χ0n) is 9.10. The quantitative estimate of drug-likeness (QED) is 0.746. The second-order valence-corrected chi connectivity index (χ2v) is 4.67. The predicted octanol–water partition coefficient (Wildman–Crippen LogP) is 1.09. The molecule has 15 heavy (non-hydrogen) atoms. The minimum Gasteiger partial charge on any atom is -0.342 e. The Morgan fingerprint density at radius 1 is 1.27 bits per heavy atom. The van der Waals surface area contributed by atoms with Crippen LogP contribution in [0.25, 0.3) is 0 Å². The number of amides is 1. The number of carbonyl (C=O) groups excluding carboxylic acids is 1. The van der Waals surface area contributed by atoms with Gasteiger partial charge in [-0.25, -0.2) is 4.39 Å². The van der Waals surface area contributed by atoms with Crippen LogP contribution in [-0.2, 0) is 4.79 Å². The number of nitrogens with zero attached hydrogens (tertiary/aromatic N) is 1. The van der Waals surface area contributed by atoms with Crippen molar-refractivity contribution in [3.63, 3.8) is 0 Å². The summed E-state index contributed by atoms with van der Waals surface area (Å²) in [4.78, 5) is 13.4. The molecule has 3 nitrogen and oxygen atoms in total. The second kappa shape index (κ2) is 4.47. The number of nitrogens with one attached hydrogen (secondary N) is 1. The molecule has 1 unspecified atom stereocenters. The van der Waals surface area contributed by atoms with Crippen molar-refractivity contribution in [2.45, 2.75) is 37.8 Å². The number of hydrogen-bond acceptors (Lipinski definition) is 2. The number of alkyl halides is 1. The molecule has 2 saturated heterocycles. The van der Waals surface area contributed by atoms with Crippen LogP contribution in [0.5, 0.6) is 0 Å². The van der Waals surface area contributed by atoms with Gasteiger partial charge in [0.1, 0.15) is 5.67 Å². The van der Waals surface area contributed by atoms with E-state index in [1.165, 1.54) is 0 Å². The molecule has 1 atom stereocenters. The third kappa shape index (κ3) is 2.68. The van der Waals surface area contributed by atoms with Gasteiger partial charge in [0, 0.05) is 13.1 Å².